The van der Waals surface area contributed by atoms with Crippen LogP contribution >= 0.6 is 11.8 Å². The maximum atomic E-state index is 13.8. The molecule has 2 N–H and O–H groups in total. The van der Waals surface area contributed by atoms with Crippen LogP contribution in [0.25, 0.3) is 0 Å². The largest absolute Gasteiger partial charge is 0.497 e. The predicted octanol–water partition coefficient (Wildman–Crippen LogP) is 3.58. The second-order valence-electron chi connectivity index (χ2n) is 3.81. The minimum Gasteiger partial charge on any atom is -0.497 e. The first-order valence-electron chi connectivity index (χ1n) is 5.59. The number of rotatable bonds is 4. The van der Waals surface area contributed by atoms with E-state index in [9.17, 15) is 4.39 Å². The summed E-state index contributed by atoms with van der Waals surface area (Å²) < 4.78 is 24.1. The number of hydrogen-bond acceptors (Lipinski definition) is 4. The van der Waals surface area contributed by atoms with Gasteiger partial charge in [-0.15, -0.1) is 0 Å². The Morgan fingerprint density at radius 1 is 1.11 bits per heavy atom. The molecule has 0 amide bonds. The Hall–Kier alpha value is -1.88. The van der Waals surface area contributed by atoms with Gasteiger partial charge in [-0.2, -0.15) is 0 Å². The molecule has 0 atom stereocenters. The zero-order valence-corrected chi connectivity index (χ0v) is 11.5. The summed E-state index contributed by atoms with van der Waals surface area (Å²) in [4.78, 5) is 1.34. The van der Waals surface area contributed by atoms with Crippen molar-refractivity contribution in [2.24, 2.45) is 0 Å². The van der Waals surface area contributed by atoms with Gasteiger partial charge in [-0.25, -0.2) is 4.39 Å². The molecular weight excluding hydrogens is 265 g/mol. The van der Waals surface area contributed by atoms with Crippen LogP contribution in [0.1, 0.15) is 0 Å². The Balaban J connectivity index is 2.32. The van der Waals surface area contributed by atoms with E-state index < -0.39 is 0 Å². The molecule has 5 heteroatoms. The third-order valence-corrected chi connectivity index (χ3v) is 3.58. The molecule has 19 heavy (non-hydrogen) atoms. The standard InChI is InChI=1S/C14H14FNO2S/c1-17-9-4-3-5-10(6-9)19-14-8-13(18-2)12(16)7-11(14)15/h3-8H,16H2,1-2H3. The summed E-state index contributed by atoms with van der Waals surface area (Å²) in [5.41, 5.74) is 5.93. The molecule has 2 rings (SSSR count). The van der Waals surface area contributed by atoms with E-state index >= 15 is 0 Å². The van der Waals surface area contributed by atoms with Crippen LogP contribution in [0.5, 0.6) is 11.5 Å². The summed E-state index contributed by atoms with van der Waals surface area (Å²) in [6.07, 6.45) is 0. The molecule has 0 aromatic heterocycles. The monoisotopic (exact) mass is 279 g/mol. The van der Waals surface area contributed by atoms with E-state index in [2.05, 4.69) is 0 Å². The van der Waals surface area contributed by atoms with Gasteiger partial charge in [0.15, 0.2) is 0 Å². The number of anilines is 1. The highest BCUT2D eigenvalue weighted by Gasteiger charge is 2.10. The summed E-state index contributed by atoms with van der Waals surface area (Å²) >= 11 is 1.29. The highest BCUT2D eigenvalue weighted by Crippen LogP contribution is 2.36. The van der Waals surface area contributed by atoms with E-state index in [1.807, 2.05) is 24.3 Å². The molecule has 2 aromatic carbocycles. The highest BCUT2D eigenvalue weighted by atomic mass is 32.2. The fraction of sp³-hybridized carbons (Fsp3) is 0.143. The van der Waals surface area contributed by atoms with E-state index in [4.69, 9.17) is 15.2 Å². The van der Waals surface area contributed by atoms with E-state index in [0.29, 0.717) is 10.6 Å². The van der Waals surface area contributed by atoms with Crippen molar-refractivity contribution in [1.82, 2.24) is 0 Å². The number of benzene rings is 2. The first-order valence-corrected chi connectivity index (χ1v) is 6.40. The Morgan fingerprint density at radius 2 is 1.89 bits per heavy atom. The van der Waals surface area contributed by atoms with E-state index in [1.54, 1.807) is 13.2 Å². The second-order valence-corrected chi connectivity index (χ2v) is 4.92. The SMILES string of the molecule is COc1cccc(Sc2cc(OC)c(N)cc2F)c1. The average Bonchev–Trinajstić information content (AvgIpc) is 2.42. The van der Waals surface area contributed by atoms with Crippen LogP contribution in [-0.2, 0) is 0 Å². The smallest absolute Gasteiger partial charge is 0.143 e. The van der Waals surface area contributed by atoms with Crippen molar-refractivity contribution in [3.05, 3.63) is 42.2 Å². The number of nitrogen functional groups attached to an aromatic ring is 1. The minimum atomic E-state index is -0.369. The molecule has 0 saturated heterocycles. The fourth-order valence-corrected chi connectivity index (χ4v) is 2.49. The zero-order chi connectivity index (χ0) is 13.8. The molecule has 0 unspecified atom stereocenters. The third-order valence-electron chi connectivity index (χ3n) is 2.55. The zero-order valence-electron chi connectivity index (χ0n) is 10.6. The molecule has 0 saturated carbocycles. The molecule has 3 nitrogen and oxygen atoms in total. The van der Waals surface area contributed by atoms with Gasteiger partial charge in [0.25, 0.3) is 0 Å². The molecule has 0 aliphatic heterocycles. The molecule has 0 aliphatic carbocycles. The Bertz CT molecular complexity index is 590. The van der Waals surface area contributed by atoms with Gasteiger partial charge in [0.2, 0.25) is 0 Å². The van der Waals surface area contributed by atoms with Crippen molar-refractivity contribution in [3.63, 3.8) is 0 Å². The van der Waals surface area contributed by atoms with E-state index in [1.165, 1.54) is 24.9 Å². The van der Waals surface area contributed by atoms with Crippen LogP contribution in [0.2, 0.25) is 0 Å². The number of hydrogen-bond donors (Lipinski definition) is 1. The summed E-state index contributed by atoms with van der Waals surface area (Å²) in [6, 6.07) is 10.3. The van der Waals surface area contributed by atoms with Crippen molar-refractivity contribution in [1.29, 1.82) is 0 Å². The van der Waals surface area contributed by atoms with Gasteiger partial charge in [0.1, 0.15) is 17.3 Å². The van der Waals surface area contributed by atoms with Gasteiger partial charge in [-0.05, 0) is 24.3 Å². The maximum absolute atomic E-state index is 13.8. The van der Waals surface area contributed by atoms with Crippen LogP contribution in [0.4, 0.5) is 10.1 Å². The first-order chi connectivity index (χ1) is 9.13. The molecule has 0 bridgehead atoms. The average molecular weight is 279 g/mol. The van der Waals surface area contributed by atoms with Crippen LogP contribution in [0.15, 0.2) is 46.2 Å². The molecular formula is C14H14FNO2S. The van der Waals surface area contributed by atoms with Crippen LogP contribution < -0.4 is 15.2 Å². The quantitative estimate of drug-likeness (QED) is 0.869. The predicted molar refractivity (Wildman–Crippen MR) is 74.5 cm³/mol. The lowest BCUT2D eigenvalue weighted by Gasteiger charge is -2.09. The molecule has 0 aliphatic rings. The fourth-order valence-electron chi connectivity index (χ4n) is 1.60. The molecule has 0 heterocycles. The highest BCUT2D eigenvalue weighted by molar-refractivity contribution is 7.99. The number of nitrogens with two attached hydrogens (primary N) is 1. The Kier molecular flexibility index (Phi) is 4.16. The van der Waals surface area contributed by atoms with Gasteiger partial charge < -0.3 is 15.2 Å². The van der Waals surface area contributed by atoms with Gasteiger partial charge in [-0.3, -0.25) is 0 Å². The molecule has 0 fully saturated rings. The number of ether oxygens (including phenoxy) is 2. The normalized spacial score (nSPS) is 10.3. The van der Waals surface area contributed by atoms with Gasteiger partial charge in [0.05, 0.1) is 24.8 Å². The molecule has 2 aromatic rings. The lowest BCUT2D eigenvalue weighted by atomic mass is 10.3. The summed E-state index contributed by atoms with van der Waals surface area (Å²) in [5, 5.41) is 0. The van der Waals surface area contributed by atoms with Crippen LogP contribution in [-0.4, -0.2) is 14.2 Å². The van der Waals surface area contributed by atoms with Crippen molar-refractivity contribution < 1.29 is 13.9 Å². The molecule has 0 spiro atoms. The topological polar surface area (TPSA) is 44.5 Å². The molecule has 100 valence electrons. The van der Waals surface area contributed by atoms with Crippen LogP contribution in [0.3, 0.4) is 0 Å². The molecule has 0 radical (unpaired) electrons. The number of halogens is 1. The minimum absolute atomic E-state index is 0.287. The lowest BCUT2D eigenvalue weighted by Crippen LogP contribution is -1.94. The summed E-state index contributed by atoms with van der Waals surface area (Å²) in [6.45, 7) is 0. The van der Waals surface area contributed by atoms with Gasteiger partial charge in [-0.1, -0.05) is 17.8 Å². The van der Waals surface area contributed by atoms with Gasteiger partial charge >= 0.3 is 0 Å². The first kappa shape index (κ1) is 13.5. The Labute approximate surface area is 115 Å². The van der Waals surface area contributed by atoms with Crippen molar-refractivity contribution in [2.45, 2.75) is 9.79 Å². The van der Waals surface area contributed by atoms with Crippen LogP contribution in [0, 0.1) is 5.82 Å². The van der Waals surface area contributed by atoms with Gasteiger partial charge in [0, 0.05) is 11.0 Å². The third kappa shape index (κ3) is 3.12. The summed E-state index contributed by atoms with van der Waals surface area (Å²) in [7, 11) is 3.10. The van der Waals surface area contributed by atoms with Crippen molar-refractivity contribution in [2.75, 3.05) is 20.0 Å². The van der Waals surface area contributed by atoms with E-state index in [0.717, 1.165) is 10.6 Å². The Morgan fingerprint density at radius 3 is 2.58 bits per heavy atom. The maximum Gasteiger partial charge on any atom is 0.143 e. The summed E-state index contributed by atoms with van der Waals surface area (Å²) in [5.74, 6) is 0.825. The van der Waals surface area contributed by atoms with E-state index in [-0.39, 0.29) is 11.5 Å². The number of methoxy groups -OCH3 is 2. The van der Waals surface area contributed by atoms with Crippen molar-refractivity contribution >= 4 is 17.4 Å². The second kappa shape index (κ2) is 5.84. The lowest BCUT2D eigenvalue weighted by molar-refractivity contribution is 0.413. The van der Waals surface area contributed by atoms with Crippen molar-refractivity contribution in [3.8, 4) is 11.5 Å².